The number of para-hydroxylation sites is 1. The molecule has 6 heteroatoms. The van der Waals surface area contributed by atoms with Gasteiger partial charge in [-0.3, -0.25) is 4.98 Å². The van der Waals surface area contributed by atoms with Crippen LogP contribution in [-0.4, -0.2) is 27.6 Å². The Hall–Kier alpha value is -3.25. The Bertz CT molecular complexity index is 1090. The maximum Gasteiger partial charge on any atom is 0.213 e. The predicted octanol–water partition coefficient (Wildman–Crippen LogP) is 3.83. The van der Waals surface area contributed by atoms with Gasteiger partial charge in [0, 0.05) is 35.5 Å². The van der Waals surface area contributed by atoms with Crippen LogP contribution in [0.5, 0.6) is 5.75 Å². The van der Waals surface area contributed by atoms with Gasteiger partial charge in [0.25, 0.3) is 0 Å². The molecular weight excluding hydrogens is 367 g/mol. The fraction of sp³-hybridized carbons (Fsp3) is 0.217. The largest absolute Gasteiger partial charge is 0.490 e. The van der Waals surface area contributed by atoms with Crippen LogP contribution in [0.1, 0.15) is 16.7 Å². The molecule has 5 nitrogen and oxygen atoms in total. The Morgan fingerprint density at radius 1 is 1.07 bits per heavy atom. The molecule has 0 aliphatic heterocycles. The van der Waals surface area contributed by atoms with Crippen LogP contribution in [0.25, 0.3) is 10.9 Å². The Labute approximate surface area is 168 Å². The number of fused-ring (bicyclic) bond motifs is 1. The molecule has 0 saturated carbocycles. The van der Waals surface area contributed by atoms with Crippen molar-refractivity contribution >= 4 is 10.9 Å². The van der Waals surface area contributed by atoms with Gasteiger partial charge in [-0.15, -0.1) is 0 Å². The number of nitrogens with one attached hydrogen (secondary N) is 1. The van der Waals surface area contributed by atoms with Gasteiger partial charge in [-0.2, -0.15) is 4.39 Å². The third kappa shape index (κ3) is 4.97. The molecule has 0 amide bonds. The van der Waals surface area contributed by atoms with E-state index in [1.807, 2.05) is 30.5 Å². The molecule has 3 aromatic heterocycles. The van der Waals surface area contributed by atoms with Crippen molar-refractivity contribution in [2.75, 3.05) is 6.61 Å². The second-order valence-corrected chi connectivity index (χ2v) is 7.15. The fourth-order valence-corrected chi connectivity index (χ4v) is 3.41. The van der Waals surface area contributed by atoms with Gasteiger partial charge in [0.05, 0.1) is 6.20 Å². The molecule has 0 aliphatic rings. The molecule has 0 unspecified atom stereocenters. The number of aromatic nitrogens is 3. The molecule has 0 radical (unpaired) electrons. The van der Waals surface area contributed by atoms with E-state index in [0.717, 1.165) is 29.5 Å². The van der Waals surface area contributed by atoms with Crippen molar-refractivity contribution in [3.63, 3.8) is 0 Å². The topological polar surface area (TPSA) is 76.8 Å². The molecule has 1 atom stereocenters. The van der Waals surface area contributed by atoms with Crippen molar-refractivity contribution in [1.82, 2.24) is 15.0 Å². The first-order valence-electron chi connectivity index (χ1n) is 9.65. The maximum absolute atomic E-state index is 13.2. The third-order valence-electron chi connectivity index (χ3n) is 4.88. The Balaban J connectivity index is 1.32. The van der Waals surface area contributed by atoms with Crippen LogP contribution in [0.2, 0.25) is 0 Å². The molecule has 0 spiro atoms. The summed E-state index contributed by atoms with van der Waals surface area (Å²) in [5.74, 6) is 0.236. The summed E-state index contributed by atoms with van der Waals surface area (Å²) in [6, 6.07) is 13.3. The van der Waals surface area contributed by atoms with Crippen molar-refractivity contribution in [2.45, 2.75) is 25.3 Å². The third-order valence-corrected chi connectivity index (χ3v) is 4.88. The van der Waals surface area contributed by atoms with Crippen LogP contribution in [-0.2, 0) is 19.3 Å². The van der Waals surface area contributed by atoms with Gasteiger partial charge in [0.1, 0.15) is 12.4 Å². The standard InChI is InChI=1S/C23H23FN4O/c24-23-10-16(7-8-27-23)5-6-17-9-20(14-26-12-17)29-15-19(25)11-18-13-28-22-4-2-1-3-21(18)22/h1-4,7-10,12-14,19,28H,5-6,11,15,25H2/t19-/m0/s1. The number of hydrogen-bond donors (Lipinski definition) is 2. The zero-order valence-electron chi connectivity index (χ0n) is 16.0. The van der Waals surface area contributed by atoms with Gasteiger partial charge in [0.15, 0.2) is 0 Å². The molecule has 4 aromatic rings. The second-order valence-electron chi connectivity index (χ2n) is 7.15. The number of hydrogen-bond acceptors (Lipinski definition) is 4. The molecule has 0 bridgehead atoms. The van der Waals surface area contributed by atoms with Crippen LogP contribution in [0.4, 0.5) is 4.39 Å². The first-order chi connectivity index (χ1) is 14.2. The highest BCUT2D eigenvalue weighted by Crippen LogP contribution is 2.19. The lowest BCUT2D eigenvalue weighted by Gasteiger charge is -2.13. The van der Waals surface area contributed by atoms with Gasteiger partial charge >= 0.3 is 0 Å². The molecule has 29 heavy (non-hydrogen) atoms. The normalized spacial score (nSPS) is 12.2. The lowest BCUT2D eigenvalue weighted by atomic mass is 10.1. The van der Waals surface area contributed by atoms with Crippen molar-refractivity contribution in [3.05, 3.63) is 89.9 Å². The van der Waals surface area contributed by atoms with E-state index in [4.69, 9.17) is 10.5 Å². The molecule has 148 valence electrons. The first-order valence-corrected chi connectivity index (χ1v) is 9.65. The van der Waals surface area contributed by atoms with E-state index in [1.165, 1.54) is 23.2 Å². The van der Waals surface area contributed by atoms with E-state index in [9.17, 15) is 4.39 Å². The van der Waals surface area contributed by atoms with E-state index in [0.29, 0.717) is 18.8 Å². The number of rotatable bonds is 8. The summed E-state index contributed by atoms with van der Waals surface area (Å²) in [7, 11) is 0. The minimum Gasteiger partial charge on any atom is -0.490 e. The van der Waals surface area contributed by atoms with Crippen LogP contribution < -0.4 is 10.5 Å². The number of ether oxygens (including phenoxy) is 1. The zero-order chi connectivity index (χ0) is 20.1. The van der Waals surface area contributed by atoms with Crippen LogP contribution >= 0.6 is 0 Å². The predicted molar refractivity (Wildman–Crippen MR) is 111 cm³/mol. The molecule has 3 N–H and O–H groups in total. The highest BCUT2D eigenvalue weighted by atomic mass is 19.1. The Morgan fingerprint density at radius 3 is 2.83 bits per heavy atom. The lowest BCUT2D eigenvalue weighted by Crippen LogP contribution is -2.30. The summed E-state index contributed by atoms with van der Waals surface area (Å²) < 4.78 is 19.1. The Morgan fingerprint density at radius 2 is 1.93 bits per heavy atom. The average molecular weight is 390 g/mol. The van der Waals surface area contributed by atoms with Crippen LogP contribution in [0, 0.1) is 5.95 Å². The summed E-state index contributed by atoms with van der Waals surface area (Å²) in [5, 5.41) is 1.19. The monoisotopic (exact) mass is 390 g/mol. The van der Waals surface area contributed by atoms with E-state index in [1.54, 1.807) is 12.4 Å². The average Bonchev–Trinajstić information content (AvgIpc) is 3.14. The maximum atomic E-state index is 13.2. The fourth-order valence-electron chi connectivity index (χ4n) is 3.41. The van der Waals surface area contributed by atoms with Gasteiger partial charge in [-0.1, -0.05) is 18.2 Å². The number of halogens is 1. The van der Waals surface area contributed by atoms with E-state index < -0.39 is 5.95 Å². The SMILES string of the molecule is N[C@H](COc1cncc(CCc2ccnc(F)c2)c1)Cc1c[nH]c2ccccc12. The number of aromatic amines is 1. The van der Waals surface area contributed by atoms with E-state index in [2.05, 4.69) is 27.1 Å². The first kappa shape index (κ1) is 19.1. The minimum atomic E-state index is -0.457. The lowest BCUT2D eigenvalue weighted by molar-refractivity contribution is 0.286. The molecular formula is C23H23FN4O. The minimum absolute atomic E-state index is 0.127. The summed E-state index contributed by atoms with van der Waals surface area (Å²) in [6.45, 7) is 0.403. The highest BCUT2D eigenvalue weighted by Gasteiger charge is 2.10. The molecule has 0 fully saturated rings. The number of H-pyrrole nitrogens is 1. The second kappa shape index (κ2) is 8.84. The summed E-state index contributed by atoms with van der Waals surface area (Å²) in [6.07, 6.45) is 9.17. The van der Waals surface area contributed by atoms with Gasteiger partial charge in [-0.05, 0) is 60.2 Å². The summed E-state index contributed by atoms with van der Waals surface area (Å²) in [4.78, 5) is 11.1. The van der Waals surface area contributed by atoms with Crippen molar-refractivity contribution < 1.29 is 9.13 Å². The molecule has 3 heterocycles. The number of aryl methyl sites for hydroxylation is 2. The smallest absolute Gasteiger partial charge is 0.213 e. The molecule has 0 aliphatic carbocycles. The van der Waals surface area contributed by atoms with Crippen LogP contribution in [0.3, 0.4) is 0 Å². The van der Waals surface area contributed by atoms with Crippen molar-refractivity contribution in [3.8, 4) is 5.75 Å². The molecule has 0 saturated heterocycles. The van der Waals surface area contributed by atoms with Crippen LogP contribution in [0.15, 0.2) is 67.3 Å². The highest BCUT2D eigenvalue weighted by molar-refractivity contribution is 5.83. The number of nitrogens with zero attached hydrogens (tertiary/aromatic N) is 2. The number of benzene rings is 1. The zero-order valence-corrected chi connectivity index (χ0v) is 16.0. The van der Waals surface area contributed by atoms with Crippen molar-refractivity contribution in [1.29, 1.82) is 0 Å². The van der Waals surface area contributed by atoms with E-state index in [-0.39, 0.29) is 6.04 Å². The summed E-state index contributed by atoms with van der Waals surface area (Å²) >= 11 is 0. The van der Waals surface area contributed by atoms with E-state index >= 15 is 0 Å². The Kier molecular flexibility index (Phi) is 5.81. The summed E-state index contributed by atoms with van der Waals surface area (Å²) in [5.41, 5.74) is 10.5. The van der Waals surface area contributed by atoms with Gasteiger partial charge in [-0.25, -0.2) is 4.98 Å². The molecule has 4 rings (SSSR count). The van der Waals surface area contributed by atoms with Gasteiger partial charge in [0.2, 0.25) is 5.95 Å². The quantitative estimate of drug-likeness (QED) is 0.448. The van der Waals surface area contributed by atoms with Gasteiger partial charge < -0.3 is 15.5 Å². The number of nitrogens with two attached hydrogens (primary N) is 1. The molecule has 1 aromatic carbocycles. The number of pyridine rings is 2. The van der Waals surface area contributed by atoms with Crippen molar-refractivity contribution in [2.24, 2.45) is 5.73 Å².